The summed E-state index contributed by atoms with van der Waals surface area (Å²) >= 11 is 0. The number of benzene rings is 3. The van der Waals surface area contributed by atoms with E-state index >= 15 is 0 Å². The molecule has 0 atom stereocenters. The number of hydrogen-bond acceptors (Lipinski definition) is 5. The minimum atomic E-state index is -4.43. The fraction of sp³-hybridized carbons (Fsp3) is 0.130. The Morgan fingerprint density at radius 3 is 2.03 bits per heavy atom. The number of carbonyl (C=O) groups is 2. The van der Waals surface area contributed by atoms with Gasteiger partial charge in [-0.3, -0.25) is 14.1 Å². The lowest BCUT2D eigenvalue weighted by Crippen LogP contribution is -2.22. The lowest BCUT2D eigenvalue weighted by Gasteiger charge is -2.23. The van der Waals surface area contributed by atoms with E-state index < -0.39 is 10.1 Å². The summed E-state index contributed by atoms with van der Waals surface area (Å²) in [7, 11) is -4.43. The lowest BCUT2D eigenvalue weighted by atomic mass is 9.83. The number of nitrogens with one attached hydrogen (secondary N) is 1. The number of fused-ring (bicyclic) bond motifs is 2. The molecule has 7 heteroatoms. The molecule has 0 heterocycles. The van der Waals surface area contributed by atoms with Gasteiger partial charge in [0.25, 0.3) is 10.1 Å². The summed E-state index contributed by atoms with van der Waals surface area (Å²) < 4.78 is 33.4. The van der Waals surface area contributed by atoms with E-state index in [1.807, 2.05) is 0 Å². The molecule has 152 valence electrons. The molecule has 0 radical (unpaired) electrons. The SMILES string of the molecule is Cc1cc(C)c(S(=O)(=O)O)c(C)c1Nc1cccc2c1C(=O)c1ccccc1C2=O. The molecule has 3 aromatic rings. The lowest BCUT2D eigenvalue weighted by molar-refractivity contribution is 0.0979. The van der Waals surface area contributed by atoms with Crippen molar-refractivity contribution >= 4 is 33.1 Å². The van der Waals surface area contributed by atoms with Crippen LogP contribution in [0.15, 0.2) is 53.4 Å². The van der Waals surface area contributed by atoms with Gasteiger partial charge in [0.1, 0.15) is 4.90 Å². The second-order valence-corrected chi connectivity index (χ2v) is 8.73. The summed E-state index contributed by atoms with van der Waals surface area (Å²) in [6.07, 6.45) is 0. The van der Waals surface area contributed by atoms with Crippen LogP contribution in [-0.2, 0) is 10.1 Å². The largest absolute Gasteiger partial charge is 0.354 e. The van der Waals surface area contributed by atoms with Crippen molar-refractivity contribution in [1.82, 2.24) is 0 Å². The number of aryl methyl sites for hydroxylation is 2. The third-order valence-electron chi connectivity index (χ3n) is 5.37. The molecule has 0 amide bonds. The zero-order valence-electron chi connectivity index (χ0n) is 16.6. The standard InChI is InChI=1S/C23H19NO5S/c1-12-11-13(2)23(30(27,28)29)14(3)20(12)24-18-10-6-9-17-19(18)22(26)16-8-5-4-7-15(16)21(17)25/h4-11,24H,1-3H3,(H,27,28,29). The minimum absolute atomic E-state index is 0.173. The molecule has 4 rings (SSSR count). The van der Waals surface area contributed by atoms with Crippen LogP contribution >= 0.6 is 0 Å². The molecule has 0 fully saturated rings. The molecule has 0 saturated heterocycles. The molecular formula is C23H19NO5S. The zero-order chi connectivity index (χ0) is 21.8. The van der Waals surface area contributed by atoms with Crippen molar-refractivity contribution in [3.63, 3.8) is 0 Å². The second-order valence-electron chi connectivity index (χ2n) is 7.37. The van der Waals surface area contributed by atoms with Gasteiger partial charge in [0.2, 0.25) is 0 Å². The molecule has 1 aliphatic rings. The first kappa shape index (κ1) is 20.0. The normalized spacial score (nSPS) is 13.1. The molecular weight excluding hydrogens is 402 g/mol. The van der Waals surface area contributed by atoms with Crippen molar-refractivity contribution < 1.29 is 22.6 Å². The van der Waals surface area contributed by atoms with Crippen LogP contribution in [0.2, 0.25) is 0 Å². The van der Waals surface area contributed by atoms with Crippen molar-refractivity contribution in [2.45, 2.75) is 25.7 Å². The van der Waals surface area contributed by atoms with Gasteiger partial charge in [-0.1, -0.05) is 42.5 Å². The Morgan fingerprint density at radius 2 is 1.40 bits per heavy atom. The second kappa shape index (κ2) is 6.90. The Labute approximate surface area is 174 Å². The van der Waals surface area contributed by atoms with Crippen LogP contribution < -0.4 is 5.32 Å². The predicted octanol–water partition coefficient (Wildman–Crippen LogP) is 4.38. The number of hydrogen-bond donors (Lipinski definition) is 2. The van der Waals surface area contributed by atoms with E-state index in [2.05, 4.69) is 5.32 Å². The highest BCUT2D eigenvalue weighted by Crippen LogP contribution is 2.36. The number of carbonyl (C=O) groups excluding carboxylic acids is 2. The van der Waals surface area contributed by atoms with Gasteiger partial charge in [-0.25, -0.2) is 0 Å². The summed E-state index contributed by atoms with van der Waals surface area (Å²) in [6, 6.07) is 13.3. The molecule has 0 bridgehead atoms. The fourth-order valence-electron chi connectivity index (χ4n) is 4.14. The molecule has 0 saturated carbocycles. The Balaban J connectivity index is 1.91. The average molecular weight is 421 g/mol. The number of rotatable bonds is 3. The molecule has 30 heavy (non-hydrogen) atoms. The van der Waals surface area contributed by atoms with E-state index in [1.54, 1.807) is 69.3 Å². The van der Waals surface area contributed by atoms with Gasteiger partial charge >= 0.3 is 0 Å². The van der Waals surface area contributed by atoms with Crippen LogP contribution in [-0.4, -0.2) is 24.5 Å². The van der Waals surface area contributed by atoms with Crippen molar-refractivity contribution in [3.8, 4) is 0 Å². The Kier molecular flexibility index (Phi) is 4.60. The van der Waals surface area contributed by atoms with Crippen molar-refractivity contribution in [3.05, 3.63) is 87.5 Å². The predicted molar refractivity (Wildman–Crippen MR) is 113 cm³/mol. The third-order valence-corrected chi connectivity index (χ3v) is 6.52. The molecule has 2 N–H and O–H groups in total. The maximum atomic E-state index is 13.2. The molecule has 3 aromatic carbocycles. The highest BCUT2D eigenvalue weighted by atomic mass is 32.2. The first-order chi connectivity index (χ1) is 14.1. The minimum Gasteiger partial charge on any atom is -0.354 e. The van der Waals surface area contributed by atoms with E-state index in [4.69, 9.17) is 0 Å². The zero-order valence-corrected chi connectivity index (χ0v) is 17.4. The quantitative estimate of drug-likeness (QED) is 0.476. The first-order valence-corrected chi connectivity index (χ1v) is 10.7. The van der Waals surface area contributed by atoms with E-state index in [1.165, 1.54) is 0 Å². The van der Waals surface area contributed by atoms with Gasteiger partial charge in [0.05, 0.1) is 11.3 Å². The van der Waals surface area contributed by atoms with Crippen LogP contribution in [0.5, 0.6) is 0 Å². The summed E-state index contributed by atoms with van der Waals surface area (Å²) in [5.74, 6) is -0.513. The van der Waals surface area contributed by atoms with Gasteiger partial charge in [-0.2, -0.15) is 8.42 Å². The third kappa shape index (κ3) is 3.03. The maximum absolute atomic E-state index is 13.2. The highest BCUT2D eigenvalue weighted by Gasteiger charge is 2.31. The van der Waals surface area contributed by atoms with Crippen molar-refractivity contribution in [2.24, 2.45) is 0 Å². The van der Waals surface area contributed by atoms with E-state index in [0.29, 0.717) is 39.2 Å². The molecule has 1 aliphatic carbocycles. The van der Waals surface area contributed by atoms with Crippen molar-refractivity contribution in [2.75, 3.05) is 5.32 Å². The van der Waals surface area contributed by atoms with Crippen LogP contribution in [0.4, 0.5) is 11.4 Å². The Hall–Kier alpha value is -3.29. The maximum Gasteiger partial charge on any atom is 0.295 e. The van der Waals surface area contributed by atoms with Crippen LogP contribution in [0.3, 0.4) is 0 Å². The smallest absolute Gasteiger partial charge is 0.295 e. The first-order valence-electron chi connectivity index (χ1n) is 9.28. The summed E-state index contributed by atoms with van der Waals surface area (Å²) in [6.45, 7) is 4.99. The summed E-state index contributed by atoms with van der Waals surface area (Å²) in [4.78, 5) is 25.9. The Bertz CT molecular complexity index is 1360. The fourth-order valence-corrected chi connectivity index (χ4v) is 5.10. The van der Waals surface area contributed by atoms with E-state index in [-0.39, 0.29) is 22.0 Å². The molecule has 0 aromatic heterocycles. The summed E-state index contributed by atoms with van der Waals surface area (Å²) in [5, 5.41) is 3.14. The number of anilines is 2. The van der Waals surface area contributed by atoms with Gasteiger partial charge in [-0.05, 0) is 43.5 Å². The van der Waals surface area contributed by atoms with Gasteiger partial charge in [0.15, 0.2) is 11.6 Å². The van der Waals surface area contributed by atoms with Crippen molar-refractivity contribution in [1.29, 1.82) is 0 Å². The molecule has 6 nitrogen and oxygen atoms in total. The van der Waals surface area contributed by atoms with Gasteiger partial charge in [-0.15, -0.1) is 0 Å². The Morgan fingerprint density at radius 1 is 0.800 bits per heavy atom. The number of ketones is 2. The van der Waals surface area contributed by atoms with Gasteiger partial charge < -0.3 is 5.32 Å². The average Bonchev–Trinajstić information content (AvgIpc) is 2.67. The van der Waals surface area contributed by atoms with Crippen LogP contribution in [0.25, 0.3) is 0 Å². The summed E-state index contributed by atoms with van der Waals surface area (Å²) in [5.41, 5.74) is 3.59. The van der Waals surface area contributed by atoms with E-state index in [0.717, 1.165) is 5.56 Å². The highest BCUT2D eigenvalue weighted by molar-refractivity contribution is 7.86. The topological polar surface area (TPSA) is 101 Å². The molecule has 0 aliphatic heterocycles. The van der Waals surface area contributed by atoms with Crippen LogP contribution in [0.1, 0.15) is 48.5 Å². The van der Waals surface area contributed by atoms with E-state index in [9.17, 15) is 22.6 Å². The van der Waals surface area contributed by atoms with Gasteiger partial charge in [0, 0.05) is 22.4 Å². The molecule has 0 unspecified atom stereocenters. The molecule has 0 spiro atoms. The van der Waals surface area contributed by atoms with Crippen LogP contribution in [0, 0.1) is 20.8 Å². The monoisotopic (exact) mass is 421 g/mol.